The maximum Gasteiger partial charge on any atom is 0.416 e. The van der Waals surface area contributed by atoms with Crippen molar-refractivity contribution in [1.29, 1.82) is 0 Å². The van der Waals surface area contributed by atoms with E-state index in [0.29, 0.717) is 10.1 Å². The van der Waals surface area contributed by atoms with E-state index in [1.54, 1.807) is 0 Å². The number of nitrogens with one attached hydrogen (secondary N) is 1. The Labute approximate surface area is 208 Å². The molecule has 1 atom stereocenters. The first kappa shape index (κ1) is 26.3. The molecule has 0 unspecified atom stereocenters. The van der Waals surface area contributed by atoms with Gasteiger partial charge in [-0.3, -0.25) is 14.3 Å². The van der Waals surface area contributed by atoms with Gasteiger partial charge in [-0.1, -0.05) is 35.9 Å². The van der Waals surface area contributed by atoms with Gasteiger partial charge in [-0.2, -0.15) is 13.2 Å². The zero-order chi connectivity index (χ0) is 27.1. The molecule has 0 fully saturated rings. The van der Waals surface area contributed by atoms with Crippen LogP contribution in [0.4, 0.5) is 22.0 Å². The fourth-order valence-corrected chi connectivity index (χ4v) is 3.74. The molecule has 4 aromatic rings. The highest BCUT2D eigenvalue weighted by Gasteiger charge is 2.39. The zero-order valence-electron chi connectivity index (χ0n) is 18.8. The second-order valence-corrected chi connectivity index (χ2v) is 8.34. The van der Waals surface area contributed by atoms with Gasteiger partial charge in [0.25, 0.3) is 12.0 Å². The van der Waals surface area contributed by atoms with Gasteiger partial charge in [0.1, 0.15) is 17.5 Å². The standard InChI is InChI=1S/C22H17ClF5N5O4/c1-32-15-18(33(21(36)31-19(15)35)8-14(34)22(26,27)28)30-17(32)12-6-13(23)20(29-7-12)37-9-10-2-4-11(5-3-10)16(24)25/h2-7,14,16,34H,8-9H2,1H3,(H,31,35,36)/t14-/m0/s1. The molecule has 3 aromatic heterocycles. The number of aliphatic hydroxyl groups is 1. The molecule has 196 valence electrons. The number of hydrogen-bond acceptors (Lipinski definition) is 6. The lowest BCUT2D eigenvalue weighted by atomic mass is 10.1. The van der Waals surface area contributed by atoms with Crippen LogP contribution in [0.15, 0.2) is 46.1 Å². The van der Waals surface area contributed by atoms with Crippen molar-refractivity contribution in [3.05, 3.63) is 73.5 Å². The molecule has 0 radical (unpaired) electrons. The number of nitrogens with zero attached hydrogens (tertiary/aromatic N) is 4. The Hall–Kier alpha value is -3.78. The number of benzene rings is 1. The van der Waals surface area contributed by atoms with Crippen LogP contribution >= 0.6 is 11.6 Å². The second kappa shape index (κ2) is 9.94. The van der Waals surface area contributed by atoms with Crippen molar-refractivity contribution in [2.45, 2.75) is 31.9 Å². The van der Waals surface area contributed by atoms with E-state index >= 15 is 0 Å². The summed E-state index contributed by atoms with van der Waals surface area (Å²) in [6.07, 6.45) is -9.19. The smallest absolute Gasteiger partial charge is 0.416 e. The van der Waals surface area contributed by atoms with Crippen LogP contribution in [0.2, 0.25) is 5.02 Å². The Bertz CT molecular complexity index is 1560. The molecule has 0 saturated heterocycles. The van der Waals surface area contributed by atoms with E-state index in [0.717, 1.165) is 0 Å². The number of aromatic amines is 1. The predicted molar refractivity (Wildman–Crippen MR) is 122 cm³/mol. The number of alkyl halides is 5. The summed E-state index contributed by atoms with van der Waals surface area (Å²) in [6.45, 7) is -1.21. The summed E-state index contributed by atoms with van der Waals surface area (Å²) in [7, 11) is 1.40. The van der Waals surface area contributed by atoms with Gasteiger partial charge < -0.3 is 14.4 Å². The summed E-state index contributed by atoms with van der Waals surface area (Å²) >= 11 is 6.27. The molecular formula is C22H17ClF5N5O4. The average molecular weight is 546 g/mol. The number of halogens is 6. The van der Waals surface area contributed by atoms with E-state index in [2.05, 4.69) is 9.97 Å². The quantitative estimate of drug-likeness (QED) is 0.343. The number of fused-ring (bicyclic) bond motifs is 1. The molecule has 0 aliphatic rings. The number of pyridine rings is 1. The van der Waals surface area contributed by atoms with Gasteiger partial charge in [0.05, 0.1) is 6.54 Å². The third-order valence-electron chi connectivity index (χ3n) is 5.42. The molecule has 0 bridgehead atoms. The first-order valence-electron chi connectivity index (χ1n) is 10.5. The summed E-state index contributed by atoms with van der Waals surface area (Å²) in [5.41, 5.74) is -1.97. The lowest BCUT2D eigenvalue weighted by molar-refractivity contribution is -0.207. The van der Waals surface area contributed by atoms with Crippen molar-refractivity contribution in [2.75, 3.05) is 0 Å². The first-order valence-corrected chi connectivity index (χ1v) is 10.8. The Balaban J connectivity index is 1.65. The van der Waals surface area contributed by atoms with Gasteiger partial charge in [0.15, 0.2) is 17.3 Å². The van der Waals surface area contributed by atoms with Gasteiger partial charge in [-0.15, -0.1) is 0 Å². The van der Waals surface area contributed by atoms with E-state index < -0.39 is 36.5 Å². The highest BCUT2D eigenvalue weighted by molar-refractivity contribution is 6.32. The largest absolute Gasteiger partial charge is 0.472 e. The third kappa shape index (κ3) is 5.34. The zero-order valence-corrected chi connectivity index (χ0v) is 19.5. The summed E-state index contributed by atoms with van der Waals surface area (Å²) in [6, 6.07) is 6.85. The lowest BCUT2D eigenvalue weighted by Gasteiger charge is -2.15. The number of aliphatic hydroxyl groups excluding tert-OH is 1. The molecule has 0 aliphatic carbocycles. The van der Waals surface area contributed by atoms with Crippen molar-refractivity contribution in [1.82, 2.24) is 24.1 Å². The molecule has 9 nitrogen and oxygen atoms in total. The van der Waals surface area contributed by atoms with Gasteiger partial charge in [0, 0.05) is 24.4 Å². The third-order valence-corrected chi connectivity index (χ3v) is 5.69. The van der Waals surface area contributed by atoms with Crippen LogP contribution in [-0.4, -0.2) is 41.5 Å². The van der Waals surface area contributed by atoms with Gasteiger partial charge >= 0.3 is 11.9 Å². The van der Waals surface area contributed by atoms with Gasteiger partial charge in [0.2, 0.25) is 5.88 Å². The molecule has 4 rings (SSSR count). The van der Waals surface area contributed by atoms with Crippen LogP contribution in [0, 0.1) is 0 Å². The van der Waals surface area contributed by atoms with Crippen molar-refractivity contribution in [2.24, 2.45) is 7.05 Å². The van der Waals surface area contributed by atoms with Crippen LogP contribution in [0.25, 0.3) is 22.6 Å². The number of aromatic nitrogens is 5. The van der Waals surface area contributed by atoms with E-state index in [1.807, 2.05) is 4.98 Å². The van der Waals surface area contributed by atoms with Crippen molar-refractivity contribution >= 4 is 22.8 Å². The van der Waals surface area contributed by atoms with Crippen LogP contribution in [0.3, 0.4) is 0 Å². The minimum atomic E-state index is -5.00. The second-order valence-electron chi connectivity index (χ2n) is 7.94. The minimum absolute atomic E-state index is 0.00479. The van der Waals surface area contributed by atoms with E-state index in [4.69, 9.17) is 16.3 Å². The predicted octanol–water partition coefficient (Wildman–Crippen LogP) is 3.58. The Kier molecular flexibility index (Phi) is 7.06. The molecule has 0 saturated carbocycles. The molecule has 0 spiro atoms. The maximum absolute atomic E-state index is 12.9. The first-order chi connectivity index (χ1) is 17.4. The molecule has 0 aliphatic heterocycles. The molecular weight excluding hydrogens is 529 g/mol. The van der Waals surface area contributed by atoms with Crippen LogP contribution in [0.1, 0.15) is 17.6 Å². The molecule has 15 heteroatoms. The van der Waals surface area contributed by atoms with Gasteiger partial charge in [-0.25, -0.2) is 23.5 Å². The number of hydrogen-bond donors (Lipinski definition) is 2. The van der Waals surface area contributed by atoms with Crippen LogP contribution in [0.5, 0.6) is 5.88 Å². The number of imidazole rings is 1. The Morgan fingerprint density at radius 3 is 2.46 bits per heavy atom. The fourth-order valence-electron chi connectivity index (χ4n) is 3.52. The molecule has 3 heterocycles. The summed E-state index contributed by atoms with van der Waals surface area (Å²) in [4.78, 5) is 34.8. The average Bonchev–Trinajstić information content (AvgIpc) is 3.17. The summed E-state index contributed by atoms with van der Waals surface area (Å²) in [5.74, 6) is 0.0510. The Morgan fingerprint density at radius 2 is 1.86 bits per heavy atom. The number of aryl methyl sites for hydroxylation is 1. The molecule has 0 amide bonds. The normalized spacial score (nSPS) is 12.9. The number of rotatable bonds is 7. The molecule has 37 heavy (non-hydrogen) atoms. The van der Waals surface area contributed by atoms with E-state index in [9.17, 15) is 36.6 Å². The van der Waals surface area contributed by atoms with Crippen LogP contribution < -0.4 is 16.0 Å². The van der Waals surface area contributed by atoms with Crippen molar-refractivity contribution < 1.29 is 31.8 Å². The highest BCUT2D eigenvalue weighted by Crippen LogP contribution is 2.30. The fraction of sp³-hybridized carbons (Fsp3) is 0.273. The lowest BCUT2D eigenvalue weighted by Crippen LogP contribution is -2.39. The highest BCUT2D eigenvalue weighted by atomic mass is 35.5. The van der Waals surface area contributed by atoms with E-state index in [-0.39, 0.29) is 45.6 Å². The minimum Gasteiger partial charge on any atom is -0.472 e. The monoisotopic (exact) mass is 545 g/mol. The number of ether oxygens (including phenoxy) is 1. The van der Waals surface area contributed by atoms with Crippen LogP contribution in [-0.2, 0) is 20.2 Å². The van der Waals surface area contributed by atoms with Gasteiger partial charge in [-0.05, 0) is 11.6 Å². The SMILES string of the molecule is Cn1c(-c2cnc(OCc3ccc(C(F)F)cc3)c(Cl)c2)nc2c1c(=O)[nH]c(=O)n2C[C@H](O)C(F)(F)F. The number of H-pyrrole nitrogens is 1. The molecule has 2 N–H and O–H groups in total. The van der Waals surface area contributed by atoms with E-state index in [1.165, 1.54) is 48.1 Å². The Morgan fingerprint density at radius 1 is 1.19 bits per heavy atom. The van der Waals surface area contributed by atoms with Crippen molar-refractivity contribution in [3.8, 4) is 17.3 Å². The topological polar surface area (TPSA) is 115 Å². The summed E-state index contributed by atoms with van der Waals surface area (Å²) in [5, 5.41) is 9.46. The van der Waals surface area contributed by atoms with Crippen molar-refractivity contribution in [3.63, 3.8) is 0 Å². The molecule has 1 aromatic carbocycles. The summed E-state index contributed by atoms with van der Waals surface area (Å²) < 4.78 is 71.3. The maximum atomic E-state index is 12.9.